The van der Waals surface area contributed by atoms with Gasteiger partial charge in [-0.2, -0.15) is 6.07 Å². The summed E-state index contributed by atoms with van der Waals surface area (Å²) >= 11 is 0. The Bertz CT molecular complexity index is 240. The summed E-state index contributed by atoms with van der Waals surface area (Å²) in [5.41, 5.74) is 1.26. The van der Waals surface area contributed by atoms with Crippen LogP contribution in [-0.4, -0.2) is 9.78 Å². The minimum atomic E-state index is 0. The van der Waals surface area contributed by atoms with Crippen molar-refractivity contribution in [2.75, 3.05) is 0 Å². The predicted octanol–water partition coefficient (Wildman–Crippen LogP) is 1.10. The average Bonchev–Trinajstić information content (AvgIpc) is 2.33. The van der Waals surface area contributed by atoms with E-state index in [1.807, 2.05) is 16.9 Å². The fourth-order valence-corrected chi connectivity index (χ4v) is 1.02. The maximum absolute atomic E-state index is 3.96. The van der Waals surface area contributed by atoms with Crippen LogP contribution in [0.4, 0.5) is 0 Å². The van der Waals surface area contributed by atoms with Crippen molar-refractivity contribution >= 4 is 6.20 Å². The number of aromatic nitrogens is 2. The molecule has 0 spiro atoms. The molecule has 0 saturated carbocycles. The fraction of sp³-hybridized carbons (Fsp3) is 0.286. The van der Waals surface area contributed by atoms with Gasteiger partial charge in [-0.25, -0.2) is 0 Å². The molecule has 0 saturated heterocycles. The molecule has 0 unspecified atom stereocenters. The first-order valence-electron chi connectivity index (χ1n) is 3.08. The molecule has 0 amide bonds. The van der Waals surface area contributed by atoms with Gasteiger partial charge in [0, 0.05) is 27.3 Å². The summed E-state index contributed by atoms with van der Waals surface area (Å²) in [4.78, 5) is 0. The summed E-state index contributed by atoms with van der Waals surface area (Å²) in [5.74, 6) is 0. The van der Waals surface area contributed by atoms with Crippen LogP contribution in [-0.2, 0) is 27.5 Å². The van der Waals surface area contributed by atoms with E-state index in [1.165, 1.54) is 5.69 Å². The number of hydrogen-bond acceptors (Lipinski definition) is 1. The van der Waals surface area contributed by atoms with Gasteiger partial charge in [-0.15, -0.1) is 11.9 Å². The second kappa shape index (κ2) is 3.16. The fourth-order valence-electron chi connectivity index (χ4n) is 1.02. The van der Waals surface area contributed by atoms with Crippen molar-refractivity contribution in [3.63, 3.8) is 0 Å². The van der Waals surface area contributed by atoms with Crippen molar-refractivity contribution in [1.29, 1.82) is 0 Å². The molecule has 52 valence electrons. The minimum absolute atomic E-state index is 0. The zero-order valence-electron chi connectivity index (χ0n) is 5.45. The number of fused-ring (bicyclic) bond motifs is 1. The molecule has 1 aliphatic rings. The van der Waals surface area contributed by atoms with E-state index in [2.05, 4.69) is 17.4 Å². The monoisotopic (exact) mass is 303 g/mol. The molecular weight excluding hydrogens is 296 g/mol. The summed E-state index contributed by atoms with van der Waals surface area (Å²) in [5, 5.41) is 3.96. The summed E-state index contributed by atoms with van der Waals surface area (Å²) in [6, 6.07) is 1.93. The van der Waals surface area contributed by atoms with Crippen LogP contribution in [0.2, 0.25) is 0 Å². The molecule has 1 aromatic rings. The van der Waals surface area contributed by atoms with E-state index in [9.17, 15) is 0 Å². The van der Waals surface area contributed by atoms with Gasteiger partial charge in [0.25, 0.3) is 0 Å². The molecule has 2 nitrogen and oxygen atoms in total. The topological polar surface area (TPSA) is 17.8 Å². The molecule has 10 heavy (non-hydrogen) atoms. The maximum Gasteiger partial charge on any atom is 0.00245 e. The first-order chi connectivity index (χ1) is 4.47. The molecule has 0 radical (unpaired) electrons. The van der Waals surface area contributed by atoms with Crippen LogP contribution in [0.3, 0.4) is 0 Å². The van der Waals surface area contributed by atoms with Crippen LogP contribution in [0.5, 0.6) is 0 Å². The largest absolute Gasteiger partial charge is 0.342 e. The number of aryl methyl sites for hydroxylation is 1. The maximum atomic E-state index is 3.96. The number of allylic oxidation sites excluding steroid dienone is 1. The Hall–Kier alpha value is -0.362. The molecule has 2 rings (SSSR count). The standard InChI is InChI=1S/C7H7N2.W/c1-2-6-9-7(3-1)4-5-8-9;/h2,4,6H,1,3H2;/q-1;. The van der Waals surface area contributed by atoms with Crippen molar-refractivity contribution in [2.24, 2.45) is 0 Å². The summed E-state index contributed by atoms with van der Waals surface area (Å²) in [6.07, 6.45) is 9.14. The minimum Gasteiger partial charge on any atom is -0.342 e. The van der Waals surface area contributed by atoms with Crippen molar-refractivity contribution in [1.82, 2.24) is 9.78 Å². The van der Waals surface area contributed by atoms with Gasteiger partial charge in [-0.05, 0) is 6.42 Å². The van der Waals surface area contributed by atoms with Gasteiger partial charge in [0.15, 0.2) is 0 Å². The molecule has 0 N–H and O–H groups in total. The van der Waals surface area contributed by atoms with Crippen LogP contribution in [0, 0.1) is 6.20 Å². The van der Waals surface area contributed by atoms with Gasteiger partial charge >= 0.3 is 0 Å². The van der Waals surface area contributed by atoms with Crippen molar-refractivity contribution in [3.05, 3.63) is 24.0 Å². The summed E-state index contributed by atoms with van der Waals surface area (Å²) in [7, 11) is 0. The Morgan fingerprint density at radius 2 is 2.50 bits per heavy atom. The van der Waals surface area contributed by atoms with E-state index < -0.39 is 0 Å². The second-order valence-electron chi connectivity index (χ2n) is 2.13. The Morgan fingerprint density at radius 3 is 3.30 bits per heavy atom. The van der Waals surface area contributed by atoms with Gasteiger partial charge in [0.05, 0.1) is 0 Å². The van der Waals surface area contributed by atoms with Gasteiger partial charge < -0.3 is 9.78 Å². The third-order valence-electron chi connectivity index (χ3n) is 1.50. The van der Waals surface area contributed by atoms with Crippen molar-refractivity contribution in [3.8, 4) is 0 Å². The number of nitrogens with zero attached hydrogens (tertiary/aromatic N) is 2. The summed E-state index contributed by atoms with van der Waals surface area (Å²) in [6.45, 7) is 0. The molecule has 0 aliphatic carbocycles. The van der Waals surface area contributed by atoms with E-state index in [1.54, 1.807) is 0 Å². The zero-order chi connectivity index (χ0) is 6.10. The second-order valence-corrected chi connectivity index (χ2v) is 2.13. The van der Waals surface area contributed by atoms with Gasteiger partial charge in [-0.3, -0.25) is 0 Å². The van der Waals surface area contributed by atoms with E-state index in [0.717, 1.165) is 12.8 Å². The van der Waals surface area contributed by atoms with Crippen LogP contribution in [0.15, 0.2) is 12.1 Å². The summed E-state index contributed by atoms with van der Waals surface area (Å²) < 4.78 is 1.86. The van der Waals surface area contributed by atoms with Crippen LogP contribution in [0.25, 0.3) is 6.20 Å². The van der Waals surface area contributed by atoms with E-state index in [4.69, 9.17) is 0 Å². The number of rotatable bonds is 0. The smallest absolute Gasteiger partial charge is 0.00245 e. The van der Waals surface area contributed by atoms with Crippen LogP contribution in [0.1, 0.15) is 12.1 Å². The molecule has 2 heterocycles. The molecular formula is C7H7N2W-. The Morgan fingerprint density at radius 1 is 1.60 bits per heavy atom. The molecule has 0 fully saturated rings. The Labute approximate surface area is 74.2 Å². The van der Waals surface area contributed by atoms with Crippen molar-refractivity contribution in [2.45, 2.75) is 12.8 Å². The SMILES string of the molecule is [W].[c-]1cc2n(n1)C=CCC2. The first kappa shape index (κ1) is 7.74. The normalized spacial score (nSPS) is 14.0. The molecule has 3 heteroatoms. The molecule has 1 aromatic heterocycles. The van der Waals surface area contributed by atoms with Gasteiger partial charge in [0.2, 0.25) is 0 Å². The third kappa shape index (κ3) is 1.22. The molecule has 0 bridgehead atoms. The van der Waals surface area contributed by atoms with Crippen molar-refractivity contribution < 1.29 is 21.1 Å². The van der Waals surface area contributed by atoms with Crippen LogP contribution >= 0.6 is 0 Å². The van der Waals surface area contributed by atoms with Crippen LogP contribution < -0.4 is 0 Å². The zero-order valence-corrected chi connectivity index (χ0v) is 8.38. The molecule has 1 aliphatic heterocycles. The Balaban J connectivity index is 0.000000500. The van der Waals surface area contributed by atoms with E-state index in [-0.39, 0.29) is 21.1 Å². The van der Waals surface area contributed by atoms with Gasteiger partial charge in [-0.1, -0.05) is 12.5 Å². The number of hydrogen-bond donors (Lipinski definition) is 0. The average molecular weight is 303 g/mol. The molecule has 0 atom stereocenters. The van der Waals surface area contributed by atoms with E-state index in [0.29, 0.717) is 0 Å². The van der Waals surface area contributed by atoms with Gasteiger partial charge in [0.1, 0.15) is 0 Å². The predicted molar refractivity (Wildman–Crippen MR) is 34.7 cm³/mol. The quantitative estimate of drug-likeness (QED) is 0.656. The third-order valence-corrected chi connectivity index (χ3v) is 1.50. The van der Waals surface area contributed by atoms with E-state index >= 15 is 0 Å². The Kier molecular flexibility index (Phi) is 2.44. The molecule has 0 aromatic carbocycles. The first-order valence-corrected chi connectivity index (χ1v) is 3.08.